The van der Waals surface area contributed by atoms with Crippen LogP contribution in [0.2, 0.25) is 0 Å². The van der Waals surface area contributed by atoms with Gasteiger partial charge in [-0.3, -0.25) is 9.58 Å². The van der Waals surface area contributed by atoms with Crippen molar-refractivity contribution >= 4 is 0 Å². The first-order valence-corrected chi connectivity index (χ1v) is 8.26. The second-order valence-corrected chi connectivity index (χ2v) is 6.51. The van der Waals surface area contributed by atoms with Crippen molar-refractivity contribution in [3.05, 3.63) is 40.7 Å². The van der Waals surface area contributed by atoms with Gasteiger partial charge in [-0.05, 0) is 33.6 Å². The molecule has 1 saturated heterocycles. The Kier molecular flexibility index (Phi) is 3.26. The summed E-state index contributed by atoms with van der Waals surface area (Å²) in [5, 5.41) is 4.49. The first-order chi connectivity index (χ1) is 10.7. The number of hydrogen-bond acceptors (Lipinski definition) is 4. The third-order valence-corrected chi connectivity index (χ3v) is 5.31. The molecular formula is C17H23N5. The molecule has 2 aliphatic heterocycles. The number of aromatic nitrogens is 4. The highest BCUT2D eigenvalue weighted by Gasteiger charge is 2.40. The predicted octanol–water partition coefficient (Wildman–Crippen LogP) is 2.57. The third-order valence-electron chi connectivity index (χ3n) is 5.31. The molecular weight excluding hydrogens is 274 g/mol. The van der Waals surface area contributed by atoms with Crippen LogP contribution < -0.4 is 0 Å². The maximum absolute atomic E-state index is 4.68. The van der Waals surface area contributed by atoms with Gasteiger partial charge in [0.25, 0.3) is 0 Å². The Hall–Kier alpha value is -1.75. The summed E-state index contributed by atoms with van der Waals surface area (Å²) in [7, 11) is 0. The van der Waals surface area contributed by atoms with E-state index >= 15 is 0 Å². The van der Waals surface area contributed by atoms with E-state index in [4.69, 9.17) is 0 Å². The topological polar surface area (TPSA) is 46.8 Å². The standard InChI is InChI=1S/C17H23N5/c1-4-22-11(2)13(8-19-22)10-21-14-5-6-17(21)15-9-18-12(3)20-16(15)7-14/h8-9,14,17H,4-7,10H2,1-3H3/t14-,17-/m0/s1. The lowest BCUT2D eigenvalue weighted by atomic mass is 9.98. The van der Waals surface area contributed by atoms with Crippen LogP contribution in [0, 0.1) is 13.8 Å². The maximum Gasteiger partial charge on any atom is 0.125 e. The summed E-state index contributed by atoms with van der Waals surface area (Å²) in [6.07, 6.45) is 7.65. The normalized spacial score (nSPS) is 23.8. The van der Waals surface area contributed by atoms with Crippen LogP contribution in [0.5, 0.6) is 0 Å². The van der Waals surface area contributed by atoms with Gasteiger partial charge in [-0.25, -0.2) is 9.97 Å². The average Bonchev–Trinajstić information content (AvgIpc) is 2.99. The van der Waals surface area contributed by atoms with E-state index in [1.54, 1.807) is 0 Å². The number of hydrogen-bond donors (Lipinski definition) is 0. The molecule has 22 heavy (non-hydrogen) atoms. The molecule has 1 fully saturated rings. The molecule has 116 valence electrons. The second-order valence-electron chi connectivity index (χ2n) is 6.51. The van der Waals surface area contributed by atoms with E-state index in [2.05, 4.69) is 44.7 Å². The maximum atomic E-state index is 4.68. The fourth-order valence-corrected chi connectivity index (χ4v) is 4.08. The predicted molar refractivity (Wildman–Crippen MR) is 84.4 cm³/mol. The van der Waals surface area contributed by atoms with Crippen LogP contribution in [-0.4, -0.2) is 30.7 Å². The fourth-order valence-electron chi connectivity index (χ4n) is 4.08. The van der Waals surface area contributed by atoms with E-state index in [1.807, 2.05) is 13.1 Å². The van der Waals surface area contributed by atoms with Gasteiger partial charge in [0.2, 0.25) is 0 Å². The molecule has 5 heteroatoms. The molecule has 4 rings (SSSR count). The summed E-state index contributed by atoms with van der Waals surface area (Å²) in [6, 6.07) is 1.11. The summed E-state index contributed by atoms with van der Waals surface area (Å²) in [6.45, 7) is 8.24. The van der Waals surface area contributed by atoms with Crippen LogP contribution in [0.1, 0.15) is 54.1 Å². The average molecular weight is 297 g/mol. The summed E-state index contributed by atoms with van der Waals surface area (Å²) >= 11 is 0. The van der Waals surface area contributed by atoms with Crippen LogP contribution >= 0.6 is 0 Å². The Morgan fingerprint density at radius 2 is 2.09 bits per heavy atom. The molecule has 0 amide bonds. The Labute approximate surface area is 131 Å². The van der Waals surface area contributed by atoms with Crippen molar-refractivity contribution in [3.8, 4) is 0 Å². The van der Waals surface area contributed by atoms with E-state index in [0.717, 1.165) is 25.3 Å². The van der Waals surface area contributed by atoms with Gasteiger partial charge in [-0.2, -0.15) is 5.10 Å². The van der Waals surface area contributed by atoms with E-state index in [0.29, 0.717) is 12.1 Å². The fraction of sp³-hybridized carbons (Fsp3) is 0.588. The smallest absolute Gasteiger partial charge is 0.125 e. The van der Waals surface area contributed by atoms with E-state index in [1.165, 1.54) is 35.4 Å². The molecule has 2 aromatic rings. The van der Waals surface area contributed by atoms with Crippen molar-refractivity contribution in [2.75, 3.05) is 0 Å². The molecule has 2 atom stereocenters. The molecule has 0 aliphatic carbocycles. The first-order valence-electron chi connectivity index (χ1n) is 8.26. The summed E-state index contributed by atoms with van der Waals surface area (Å²) in [4.78, 5) is 11.8. The molecule has 4 heterocycles. The zero-order chi connectivity index (χ0) is 15.3. The quantitative estimate of drug-likeness (QED) is 0.873. The van der Waals surface area contributed by atoms with Crippen molar-refractivity contribution in [1.29, 1.82) is 0 Å². The lowest BCUT2D eigenvalue weighted by molar-refractivity contribution is 0.165. The Bertz CT molecular complexity index is 705. The lowest BCUT2D eigenvalue weighted by Gasteiger charge is -2.35. The minimum Gasteiger partial charge on any atom is -0.288 e. The number of nitrogens with zero attached hydrogens (tertiary/aromatic N) is 5. The number of aryl methyl sites for hydroxylation is 2. The highest BCUT2D eigenvalue weighted by molar-refractivity contribution is 5.29. The van der Waals surface area contributed by atoms with E-state index in [-0.39, 0.29) is 0 Å². The number of rotatable bonds is 3. The van der Waals surface area contributed by atoms with Crippen LogP contribution in [0.3, 0.4) is 0 Å². The molecule has 0 unspecified atom stereocenters. The largest absolute Gasteiger partial charge is 0.288 e. The minimum atomic E-state index is 0.485. The molecule has 2 aromatic heterocycles. The third kappa shape index (κ3) is 2.07. The van der Waals surface area contributed by atoms with Crippen LogP contribution in [0.4, 0.5) is 0 Å². The second kappa shape index (κ2) is 5.16. The summed E-state index contributed by atoms with van der Waals surface area (Å²) < 4.78 is 2.08. The van der Waals surface area contributed by atoms with Gasteiger partial charge in [0.1, 0.15) is 5.82 Å². The van der Waals surface area contributed by atoms with Crippen LogP contribution in [-0.2, 0) is 19.5 Å². The molecule has 0 N–H and O–H groups in total. The molecule has 0 radical (unpaired) electrons. The van der Waals surface area contributed by atoms with Crippen molar-refractivity contribution in [2.24, 2.45) is 0 Å². The molecule has 0 aromatic carbocycles. The summed E-state index contributed by atoms with van der Waals surface area (Å²) in [5.74, 6) is 0.895. The van der Waals surface area contributed by atoms with Crippen LogP contribution in [0.15, 0.2) is 12.4 Å². The Morgan fingerprint density at radius 3 is 2.86 bits per heavy atom. The summed E-state index contributed by atoms with van der Waals surface area (Å²) in [5.41, 5.74) is 5.28. The molecule has 0 spiro atoms. The van der Waals surface area contributed by atoms with Crippen molar-refractivity contribution < 1.29 is 0 Å². The van der Waals surface area contributed by atoms with Gasteiger partial charge in [-0.1, -0.05) is 0 Å². The number of fused-ring (bicyclic) bond motifs is 4. The molecule has 0 saturated carbocycles. The van der Waals surface area contributed by atoms with Gasteiger partial charge in [-0.15, -0.1) is 0 Å². The van der Waals surface area contributed by atoms with Gasteiger partial charge >= 0.3 is 0 Å². The van der Waals surface area contributed by atoms with Gasteiger partial charge in [0, 0.05) is 54.6 Å². The van der Waals surface area contributed by atoms with Gasteiger partial charge in [0.05, 0.1) is 11.9 Å². The van der Waals surface area contributed by atoms with Gasteiger partial charge in [0.15, 0.2) is 0 Å². The Balaban J connectivity index is 1.64. The van der Waals surface area contributed by atoms with Gasteiger partial charge < -0.3 is 0 Å². The molecule has 2 bridgehead atoms. The Morgan fingerprint density at radius 1 is 1.23 bits per heavy atom. The zero-order valence-electron chi connectivity index (χ0n) is 13.6. The van der Waals surface area contributed by atoms with E-state index in [9.17, 15) is 0 Å². The molecule has 2 aliphatic rings. The monoisotopic (exact) mass is 297 g/mol. The minimum absolute atomic E-state index is 0.485. The van der Waals surface area contributed by atoms with Crippen LogP contribution in [0.25, 0.3) is 0 Å². The first kappa shape index (κ1) is 13.9. The van der Waals surface area contributed by atoms with Crippen molar-refractivity contribution in [2.45, 2.75) is 65.2 Å². The van der Waals surface area contributed by atoms with E-state index < -0.39 is 0 Å². The highest BCUT2D eigenvalue weighted by Crippen LogP contribution is 2.43. The van der Waals surface area contributed by atoms with Crippen molar-refractivity contribution in [3.63, 3.8) is 0 Å². The lowest BCUT2D eigenvalue weighted by Crippen LogP contribution is -2.37. The SMILES string of the molecule is CCn1ncc(CN2[C@H]3CC[C@H]2c2cnc(C)nc2C3)c1C. The zero-order valence-corrected chi connectivity index (χ0v) is 13.6. The van der Waals surface area contributed by atoms with Crippen molar-refractivity contribution in [1.82, 2.24) is 24.6 Å². The highest BCUT2D eigenvalue weighted by atomic mass is 15.3. The molecule has 5 nitrogen and oxygen atoms in total.